The third-order valence-electron chi connectivity index (χ3n) is 6.69. The van der Waals surface area contributed by atoms with Crippen molar-refractivity contribution in [1.29, 1.82) is 0 Å². The van der Waals surface area contributed by atoms with E-state index in [-0.39, 0.29) is 11.9 Å². The van der Waals surface area contributed by atoms with Crippen molar-refractivity contribution in [3.8, 4) is 5.75 Å². The number of hydrogen-bond acceptors (Lipinski definition) is 8. The third-order valence-corrected chi connectivity index (χ3v) is 10.0. The molecule has 0 atom stereocenters. The topological polar surface area (TPSA) is 58.0 Å². The molecule has 6 rings (SSSR count). The molecule has 3 heterocycles. The van der Waals surface area contributed by atoms with Gasteiger partial charge in [-0.3, -0.25) is 9.69 Å². The van der Waals surface area contributed by atoms with E-state index < -0.39 is 0 Å². The second-order valence-electron chi connectivity index (χ2n) is 8.98. The number of aryl methyl sites for hydroxylation is 1. The number of carbonyl (C=O) groups is 1. The van der Waals surface area contributed by atoms with Crippen LogP contribution in [0.15, 0.2) is 56.2 Å². The Hall–Kier alpha value is -2.49. The minimum absolute atomic E-state index is 0.0736. The molecule has 3 aromatic rings. The number of amidine groups is 1. The van der Waals surface area contributed by atoms with E-state index in [2.05, 4.69) is 22.0 Å². The highest BCUT2D eigenvalue weighted by Crippen LogP contribution is 2.51. The minimum Gasteiger partial charge on any atom is -0.497 e. The van der Waals surface area contributed by atoms with E-state index in [1.54, 1.807) is 30.2 Å². The van der Waals surface area contributed by atoms with Crippen molar-refractivity contribution in [1.82, 2.24) is 9.88 Å². The van der Waals surface area contributed by atoms with Gasteiger partial charge in [0, 0.05) is 24.1 Å². The number of methoxy groups -OCH3 is 1. The lowest BCUT2D eigenvalue weighted by Gasteiger charge is -2.30. The molecule has 35 heavy (non-hydrogen) atoms. The fraction of sp³-hybridized carbons (Fsp3) is 0.346. The Morgan fingerprint density at radius 2 is 1.91 bits per heavy atom. The van der Waals surface area contributed by atoms with Crippen molar-refractivity contribution < 1.29 is 9.53 Å². The van der Waals surface area contributed by atoms with Crippen molar-refractivity contribution in [2.45, 2.75) is 50.0 Å². The molecule has 2 fully saturated rings. The van der Waals surface area contributed by atoms with Gasteiger partial charge >= 0.3 is 0 Å². The van der Waals surface area contributed by atoms with Gasteiger partial charge in [-0.25, -0.2) is 9.98 Å². The average Bonchev–Trinajstić information content (AvgIpc) is 3.51. The summed E-state index contributed by atoms with van der Waals surface area (Å²) in [7, 11) is 3.70. The molecule has 9 heteroatoms. The molecule has 3 aliphatic rings. The monoisotopic (exact) mass is 522 g/mol. The second-order valence-corrected chi connectivity index (χ2v) is 12.2. The number of fused-ring (bicyclic) bond motifs is 2. The Morgan fingerprint density at radius 1 is 1.09 bits per heavy atom. The summed E-state index contributed by atoms with van der Waals surface area (Å²) < 4.78 is 6.55. The highest BCUT2D eigenvalue weighted by atomic mass is 32.2. The van der Waals surface area contributed by atoms with Gasteiger partial charge in [0.1, 0.15) is 10.7 Å². The fourth-order valence-corrected chi connectivity index (χ4v) is 8.16. The van der Waals surface area contributed by atoms with Crippen molar-refractivity contribution >= 4 is 67.5 Å². The number of aromatic nitrogens is 1. The molecular weight excluding hydrogens is 497 g/mol. The Bertz CT molecular complexity index is 1390. The SMILES string of the molecule is COc1ccc2c(c1)N(C)C(=C1SC(=Nc3ccc4nc(C)sc4c3)N(C3CCCCC3)C1=O)S2. The largest absolute Gasteiger partial charge is 0.497 e. The number of benzene rings is 2. The quantitative estimate of drug-likeness (QED) is 0.348. The van der Waals surface area contributed by atoms with Crippen LogP contribution < -0.4 is 9.64 Å². The summed E-state index contributed by atoms with van der Waals surface area (Å²) in [5, 5.41) is 2.79. The molecule has 2 aromatic carbocycles. The van der Waals surface area contributed by atoms with Crippen LogP contribution in [0.25, 0.3) is 10.2 Å². The maximum atomic E-state index is 13.9. The Kier molecular flexibility index (Phi) is 6.02. The normalized spacial score (nSPS) is 22.0. The van der Waals surface area contributed by atoms with E-state index in [0.29, 0.717) is 0 Å². The molecule has 2 aliphatic heterocycles. The van der Waals surface area contributed by atoms with Crippen LogP contribution in [-0.4, -0.2) is 41.2 Å². The van der Waals surface area contributed by atoms with Gasteiger partial charge in [0.15, 0.2) is 5.17 Å². The van der Waals surface area contributed by atoms with E-state index in [9.17, 15) is 4.79 Å². The summed E-state index contributed by atoms with van der Waals surface area (Å²) >= 11 is 4.83. The number of nitrogens with zero attached hydrogens (tertiary/aromatic N) is 4. The van der Waals surface area contributed by atoms with Crippen LogP contribution in [0, 0.1) is 6.92 Å². The van der Waals surface area contributed by atoms with Gasteiger partial charge in [-0.1, -0.05) is 31.0 Å². The number of carbonyl (C=O) groups excluding carboxylic acids is 1. The van der Waals surface area contributed by atoms with Gasteiger partial charge in [0.2, 0.25) is 0 Å². The smallest absolute Gasteiger partial charge is 0.269 e. The van der Waals surface area contributed by atoms with Gasteiger partial charge < -0.3 is 9.64 Å². The van der Waals surface area contributed by atoms with E-state index in [1.165, 1.54) is 18.2 Å². The lowest BCUT2D eigenvalue weighted by atomic mass is 9.94. The summed E-state index contributed by atoms with van der Waals surface area (Å²) in [4.78, 5) is 29.5. The van der Waals surface area contributed by atoms with Crippen LogP contribution in [0.3, 0.4) is 0 Å². The molecule has 180 valence electrons. The molecule has 6 nitrogen and oxygen atoms in total. The average molecular weight is 523 g/mol. The minimum atomic E-state index is 0.0736. The molecule has 1 aliphatic carbocycles. The maximum absolute atomic E-state index is 13.9. The van der Waals surface area contributed by atoms with E-state index in [4.69, 9.17) is 9.73 Å². The zero-order chi connectivity index (χ0) is 24.1. The first-order valence-electron chi connectivity index (χ1n) is 11.8. The summed E-state index contributed by atoms with van der Waals surface area (Å²) in [6, 6.07) is 12.4. The van der Waals surface area contributed by atoms with Crippen molar-refractivity contribution in [3.05, 3.63) is 51.3 Å². The van der Waals surface area contributed by atoms with Gasteiger partial charge in [0.25, 0.3) is 5.91 Å². The van der Waals surface area contributed by atoms with E-state index in [0.717, 1.165) is 78.0 Å². The molecule has 1 saturated carbocycles. The first-order valence-corrected chi connectivity index (χ1v) is 14.3. The number of anilines is 1. The fourth-order valence-electron chi connectivity index (χ4n) is 4.92. The molecule has 1 saturated heterocycles. The van der Waals surface area contributed by atoms with E-state index >= 15 is 0 Å². The third kappa shape index (κ3) is 4.13. The molecule has 0 bridgehead atoms. The molecule has 0 radical (unpaired) electrons. The number of amides is 1. The zero-order valence-electron chi connectivity index (χ0n) is 19.9. The molecule has 1 aromatic heterocycles. The predicted molar refractivity (Wildman–Crippen MR) is 147 cm³/mol. The van der Waals surface area contributed by atoms with Crippen LogP contribution in [0.5, 0.6) is 5.75 Å². The maximum Gasteiger partial charge on any atom is 0.269 e. The summed E-state index contributed by atoms with van der Waals surface area (Å²) in [5.41, 5.74) is 2.92. The highest BCUT2D eigenvalue weighted by Gasteiger charge is 2.42. The summed E-state index contributed by atoms with van der Waals surface area (Å²) in [6.45, 7) is 2.02. The van der Waals surface area contributed by atoms with Crippen molar-refractivity contribution in [2.24, 2.45) is 4.99 Å². The lowest BCUT2D eigenvalue weighted by Crippen LogP contribution is -2.40. The van der Waals surface area contributed by atoms with Crippen LogP contribution in [0.4, 0.5) is 11.4 Å². The Labute approximate surface area is 217 Å². The predicted octanol–water partition coefficient (Wildman–Crippen LogP) is 6.92. The van der Waals surface area contributed by atoms with Crippen LogP contribution in [-0.2, 0) is 4.79 Å². The van der Waals surface area contributed by atoms with Crippen LogP contribution >= 0.6 is 34.9 Å². The molecular formula is C26H26N4O2S3. The number of thioether (sulfide) groups is 2. The van der Waals surface area contributed by atoms with Gasteiger partial charge in [-0.2, -0.15) is 0 Å². The number of ether oxygens (including phenoxy) is 1. The van der Waals surface area contributed by atoms with Gasteiger partial charge in [0.05, 0.1) is 38.7 Å². The van der Waals surface area contributed by atoms with Crippen LogP contribution in [0.2, 0.25) is 0 Å². The summed E-state index contributed by atoms with van der Waals surface area (Å²) in [5.74, 6) is 0.886. The highest BCUT2D eigenvalue weighted by molar-refractivity contribution is 8.19. The van der Waals surface area contributed by atoms with Crippen molar-refractivity contribution in [3.63, 3.8) is 0 Å². The van der Waals surface area contributed by atoms with Crippen molar-refractivity contribution in [2.75, 3.05) is 19.1 Å². The molecule has 0 unspecified atom stereocenters. The first kappa shape index (κ1) is 22.9. The number of rotatable bonds is 3. The Morgan fingerprint density at radius 3 is 2.71 bits per heavy atom. The number of thiazole rings is 1. The molecule has 0 N–H and O–H groups in total. The second kappa shape index (κ2) is 9.19. The standard InChI is InChI=1S/C26H26N4O2S3/c1-15-27-19-11-9-16(13-22(19)33-15)28-26-30(17-7-5-4-6-8-17)24(31)23(35-26)25-29(2)20-14-18(32-3)10-12-21(20)34-25/h9-14,17H,4-8H2,1-3H3. The first-order chi connectivity index (χ1) is 17.0. The van der Waals surface area contributed by atoms with Gasteiger partial charge in [-0.05, 0) is 61.9 Å². The van der Waals surface area contributed by atoms with Gasteiger partial charge in [-0.15, -0.1) is 11.3 Å². The summed E-state index contributed by atoms with van der Waals surface area (Å²) in [6.07, 6.45) is 5.61. The van der Waals surface area contributed by atoms with Crippen LogP contribution in [0.1, 0.15) is 37.1 Å². The number of aliphatic imine (C=N–C) groups is 1. The lowest BCUT2D eigenvalue weighted by molar-refractivity contribution is -0.124. The van der Waals surface area contributed by atoms with E-state index in [1.807, 2.05) is 43.1 Å². The molecule has 0 spiro atoms. The number of hydrogen-bond donors (Lipinski definition) is 0. The Balaban J connectivity index is 1.41. The zero-order valence-corrected chi connectivity index (χ0v) is 22.4. The molecule has 1 amide bonds.